The monoisotopic (exact) mass is 555 g/mol. The predicted octanol–water partition coefficient (Wildman–Crippen LogP) is 3.64. The molecule has 2 bridgehead atoms. The molecule has 1 spiro atoms. The van der Waals surface area contributed by atoms with Crippen LogP contribution >= 0.6 is 11.8 Å². The smallest absolute Gasteiger partial charge is 0.311 e. The lowest BCUT2D eigenvalue weighted by molar-refractivity contribution is -0.155. The normalized spacial score (nSPS) is 29.6. The summed E-state index contributed by atoms with van der Waals surface area (Å²) >= 11 is 1.59. The molecule has 39 heavy (non-hydrogen) atoms. The molecular weight excluding hydrogens is 514 g/mol. The first-order valence-corrected chi connectivity index (χ1v) is 14.6. The molecule has 3 heterocycles. The van der Waals surface area contributed by atoms with E-state index in [-0.39, 0.29) is 31.6 Å². The van der Waals surface area contributed by atoms with Crippen molar-refractivity contribution in [2.24, 2.45) is 11.8 Å². The van der Waals surface area contributed by atoms with Crippen LogP contribution in [-0.4, -0.2) is 82.2 Å². The van der Waals surface area contributed by atoms with Crippen LogP contribution in [0, 0.1) is 11.8 Å². The Morgan fingerprint density at radius 3 is 2.38 bits per heavy atom. The van der Waals surface area contributed by atoms with Crippen molar-refractivity contribution >= 4 is 40.9 Å². The highest BCUT2D eigenvalue weighted by atomic mass is 32.2. The van der Waals surface area contributed by atoms with E-state index < -0.39 is 39.4 Å². The van der Waals surface area contributed by atoms with Crippen molar-refractivity contribution in [3.8, 4) is 0 Å². The number of likely N-dealkylation sites (tertiary alicyclic amines) is 1. The van der Waals surface area contributed by atoms with E-state index in [0.717, 1.165) is 18.8 Å². The molecule has 3 aliphatic rings. The van der Waals surface area contributed by atoms with Gasteiger partial charge in [0.1, 0.15) is 12.6 Å². The fraction of sp³-hybridized carbons (Fsp3) is 0.567. The Labute approximate surface area is 236 Å². The van der Waals surface area contributed by atoms with Gasteiger partial charge in [-0.1, -0.05) is 18.7 Å². The van der Waals surface area contributed by atoms with Gasteiger partial charge in [0.15, 0.2) is 0 Å². The van der Waals surface area contributed by atoms with E-state index >= 15 is 0 Å². The number of aliphatic hydroxyl groups is 1. The van der Waals surface area contributed by atoms with Gasteiger partial charge in [0.2, 0.25) is 5.91 Å². The zero-order valence-corrected chi connectivity index (χ0v) is 24.3. The molecule has 1 N–H and O–H groups in total. The van der Waals surface area contributed by atoms with E-state index in [4.69, 9.17) is 4.74 Å². The van der Waals surface area contributed by atoms with Gasteiger partial charge in [-0.05, 0) is 64.8 Å². The Bertz CT molecular complexity index is 1120. The topological polar surface area (TPSA) is 90.4 Å². The molecule has 8 nitrogen and oxygen atoms in total. The maximum absolute atomic E-state index is 14.6. The van der Waals surface area contributed by atoms with Crippen molar-refractivity contribution in [3.05, 3.63) is 49.6 Å². The number of benzene rings is 1. The van der Waals surface area contributed by atoms with E-state index in [1.807, 2.05) is 31.2 Å². The molecule has 3 fully saturated rings. The van der Waals surface area contributed by atoms with E-state index in [9.17, 15) is 19.5 Å². The van der Waals surface area contributed by atoms with Crippen molar-refractivity contribution in [2.45, 2.75) is 62.1 Å². The minimum atomic E-state index is -0.830. The van der Waals surface area contributed by atoms with Gasteiger partial charge >= 0.3 is 5.97 Å². The van der Waals surface area contributed by atoms with Gasteiger partial charge in [-0.3, -0.25) is 14.4 Å². The summed E-state index contributed by atoms with van der Waals surface area (Å²) in [4.78, 5) is 47.4. The molecular formula is C30H41N3O5S. The molecule has 0 aromatic heterocycles. The number of fused-ring (bicyclic) bond motifs is 1. The second kappa shape index (κ2) is 11.4. The summed E-state index contributed by atoms with van der Waals surface area (Å²) in [6.07, 6.45) is 4.51. The Hall–Kier alpha value is -2.78. The second-order valence-electron chi connectivity index (χ2n) is 10.8. The lowest BCUT2D eigenvalue weighted by atomic mass is 9.66. The van der Waals surface area contributed by atoms with Crippen LogP contribution < -0.4 is 9.80 Å². The fourth-order valence-electron chi connectivity index (χ4n) is 6.83. The van der Waals surface area contributed by atoms with Gasteiger partial charge in [0, 0.05) is 35.8 Å². The van der Waals surface area contributed by atoms with Crippen molar-refractivity contribution in [3.63, 3.8) is 0 Å². The number of carbonyl (C=O) groups is 3. The van der Waals surface area contributed by atoms with Crippen LogP contribution in [0.5, 0.6) is 0 Å². The fourth-order valence-corrected chi connectivity index (χ4v) is 9.15. The molecule has 0 saturated carbocycles. The predicted molar refractivity (Wildman–Crippen MR) is 156 cm³/mol. The Balaban J connectivity index is 1.76. The van der Waals surface area contributed by atoms with E-state index in [1.54, 1.807) is 34.6 Å². The Morgan fingerprint density at radius 1 is 1.18 bits per heavy atom. The van der Waals surface area contributed by atoms with Gasteiger partial charge in [0.05, 0.1) is 29.2 Å². The zero-order valence-electron chi connectivity index (χ0n) is 23.5. The lowest BCUT2D eigenvalue weighted by Gasteiger charge is -2.39. The lowest BCUT2D eigenvalue weighted by Crippen LogP contribution is -2.57. The first-order chi connectivity index (χ1) is 18.6. The summed E-state index contributed by atoms with van der Waals surface area (Å²) in [5, 5.41) is 10.1. The number of thioether (sulfide) groups is 1. The molecule has 0 radical (unpaired) electrons. The van der Waals surface area contributed by atoms with Crippen molar-refractivity contribution < 1.29 is 24.2 Å². The maximum atomic E-state index is 14.6. The molecule has 9 heteroatoms. The summed E-state index contributed by atoms with van der Waals surface area (Å²) in [5.74, 6) is -2.28. The second-order valence-corrected chi connectivity index (χ2v) is 12.7. The molecule has 2 amide bonds. The zero-order chi connectivity index (χ0) is 28.5. The summed E-state index contributed by atoms with van der Waals surface area (Å²) in [7, 11) is 0. The highest BCUT2D eigenvalue weighted by molar-refractivity contribution is 8.02. The summed E-state index contributed by atoms with van der Waals surface area (Å²) in [6.45, 7) is 17.3. The Kier molecular flexibility index (Phi) is 8.52. The van der Waals surface area contributed by atoms with Crippen molar-refractivity contribution in [1.29, 1.82) is 0 Å². The average molecular weight is 556 g/mol. The highest BCUT2D eigenvalue weighted by Crippen LogP contribution is 2.71. The van der Waals surface area contributed by atoms with Gasteiger partial charge in [-0.15, -0.1) is 18.3 Å². The van der Waals surface area contributed by atoms with E-state index in [1.165, 1.54) is 6.08 Å². The number of hydrogen-bond acceptors (Lipinski definition) is 7. The van der Waals surface area contributed by atoms with Gasteiger partial charge in [-0.25, -0.2) is 0 Å². The molecule has 1 aromatic rings. The standard InChI is InChI=1S/C30H41N3O5S/c1-7-17-32(22-13-11-21(12-14-22)31(9-3)10-4)27(36)25-30-16-15-29(6,39-30)24(28(37)38-18-8-2)23(30)26(35)33(25)20(5)19-34/h7-8,11-14,20,23-25,34H,1-2,9-10,15-19H2,3-6H3/t20-,23+,24+,25?,29-,30?/m1/s1. The van der Waals surface area contributed by atoms with Crippen LogP contribution in [0.25, 0.3) is 0 Å². The van der Waals surface area contributed by atoms with Gasteiger partial charge in [0.25, 0.3) is 5.91 Å². The number of amides is 2. The van der Waals surface area contributed by atoms with Crippen LogP contribution in [0.4, 0.5) is 11.4 Å². The third kappa shape index (κ3) is 4.67. The first kappa shape index (κ1) is 29.2. The molecule has 2 unspecified atom stereocenters. The molecule has 212 valence electrons. The van der Waals surface area contributed by atoms with Crippen molar-refractivity contribution in [1.82, 2.24) is 4.90 Å². The van der Waals surface area contributed by atoms with Gasteiger partial charge < -0.3 is 24.5 Å². The number of anilines is 2. The van der Waals surface area contributed by atoms with Crippen LogP contribution in [0.15, 0.2) is 49.6 Å². The third-order valence-corrected chi connectivity index (χ3v) is 10.6. The number of esters is 1. The number of rotatable bonds is 12. The van der Waals surface area contributed by atoms with Gasteiger partial charge in [-0.2, -0.15) is 0 Å². The number of nitrogens with zero attached hydrogens (tertiary/aromatic N) is 3. The first-order valence-electron chi connectivity index (χ1n) is 13.8. The molecule has 4 rings (SSSR count). The number of carbonyl (C=O) groups excluding carboxylic acids is 3. The molecule has 3 saturated heterocycles. The summed E-state index contributed by atoms with van der Waals surface area (Å²) < 4.78 is 4.16. The number of hydrogen-bond donors (Lipinski definition) is 1. The minimum absolute atomic E-state index is 0.0692. The molecule has 3 aliphatic heterocycles. The maximum Gasteiger partial charge on any atom is 0.311 e. The highest BCUT2D eigenvalue weighted by Gasteiger charge is 2.78. The quantitative estimate of drug-likeness (QED) is 0.311. The van der Waals surface area contributed by atoms with Crippen molar-refractivity contribution in [2.75, 3.05) is 42.6 Å². The average Bonchev–Trinajstić information content (AvgIpc) is 3.51. The van der Waals surface area contributed by atoms with E-state index in [2.05, 4.69) is 31.9 Å². The largest absolute Gasteiger partial charge is 0.461 e. The van der Waals surface area contributed by atoms with Crippen LogP contribution in [0.2, 0.25) is 0 Å². The summed E-state index contributed by atoms with van der Waals surface area (Å²) in [5.41, 5.74) is 1.78. The number of ether oxygens (including phenoxy) is 1. The third-order valence-electron chi connectivity index (χ3n) is 8.65. The summed E-state index contributed by atoms with van der Waals surface area (Å²) in [6, 6.07) is 6.45. The van der Waals surface area contributed by atoms with Crippen LogP contribution in [0.3, 0.4) is 0 Å². The van der Waals surface area contributed by atoms with Crippen LogP contribution in [0.1, 0.15) is 40.5 Å². The molecule has 0 aliphatic carbocycles. The Morgan fingerprint density at radius 2 is 1.82 bits per heavy atom. The van der Waals surface area contributed by atoms with E-state index in [0.29, 0.717) is 18.5 Å². The number of aliphatic hydroxyl groups excluding tert-OH is 1. The van der Waals surface area contributed by atoms with Crippen LogP contribution in [-0.2, 0) is 19.1 Å². The molecule has 1 aromatic carbocycles. The molecule has 6 atom stereocenters. The minimum Gasteiger partial charge on any atom is -0.461 e. The SMILES string of the molecule is C=CCOC(=O)[C@@H]1[C@H]2C(=O)N([C@H](C)CO)C(C(=O)N(CC=C)c3ccc(N(CC)CC)cc3)C23CC[C@@]1(C)S3.